The van der Waals surface area contributed by atoms with Gasteiger partial charge in [0.2, 0.25) is 78.7 Å². The molecule has 147 heavy (non-hydrogen) atoms. The lowest BCUT2D eigenvalue weighted by atomic mass is 9.98. The average Bonchev–Trinajstić information content (AvgIpc) is 1.56. The minimum absolute atomic E-state index is 0.422. The number of benzene rings is 16. The van der Waals surface area contributed by atoms with Crippen molar-refractivity contribution in [2.24, 2.45) is 0 Å². The first-order chi connectivity index (χ1) is 70.1. The van der Waals surface area contributed by atoms with Gasteiger partial charge in [-0.25, -0.2) is 67.3 Å². The van der Waals surface area contributed by atoms with Crippen LogP contribution in [0.25, 0.3) is 89.0 Å². The van der Waals surface area contributed by atoms with Crippen LogP contribution in [0.5, 0.6) is 0 Å². The maximum atomic E-state index is 12.6. The van der Waals surface area contributed by atoms with Crippen molar-refractivity contribution >= 4 is 78.7 Å². The molecule has 24 rings (SSSR count). The van der Waals surface area contributed by atoms with Gasteiger partial charge in [-0.2, -0.15) is 0 Å². The lowest BCUT2D eigenvalue weighted by Gasteiger charge is -2.06. The van der Waals surface area contributed by atoms with Crippen LogP contribution in [0.1, 0.15) is 174 Å². The Morgan fingerprint density at radius 3 is 0.592 bits per heavy atom. The first-order valence-corrected chi connectivity index (χ1v) is 61.5. The van der Waals surface area contributed by atoms with E-state index < -0.39 is 78.7 Å². The van der Waals surface area contributed by atoms with Crippen LogP contribution in [0, 0.1) is 55.4 Å². The average molecular weight is 2120 g/mol. The summed E-state index contributed by atoms with van der Waals surface area (Å²) in [7, 11) is -26.3. The molecule has 16 aromatic rings. The Balaban J connectivity index is 0.000000168. The Labute approximate surface area is 874 Å². The summed E-state index contributed by atoms with van der Waals surface area (Å²) in [5, 5.41) is 0. The number of unbranched alkanes of at least 4 members (excludes halogenated alkanes) is 1. The van der Waals surface area contributed by atoms with E-state index in [4.69, 9.17) is 0 Å². The van der Waals surface area contributed by atoms with Crippen LogP contribution in [0.2, 0.25) is 0 Å². The Kier molecular flexibility index (Phi) is 39.3. The van der Waals surface area contributed by atoms with Crippen LogP contribution >= 0.6 is 0 Å². The fraction of sp³-hybridized carbons (Fsp3) is 0.220. The standard InChI is InChI=1S/C15H14O2S.2C14H12O2S.C13H10O2S.4C12H8O2S.C4H10.3C3H8.3C2H6/c1-9-7-11(3)14-12-6-4-5-10(2)15(12)18(16,17)13(14)8-9;1-9-5-3-7-11-12-8-4-6-10(2)14(12)17(15,16)13(9)11;1-9-7-8-10(2)14-13(9)11-5-3-4-6-12(11)17(14,15)16;1-9-5-4-7-11-10-6-2-3-8-12(10)16(14,15)13(9)11;4*13-15(14)11-7-3-1-5-9(11)10-6-2-4-8-12(10)15;1-3-4-2;3*1-3-2;3*1-2/h4-8H,1-3H3;2*3-8H,1-2H3;2-8H,1H3;4*1-8H;3-4H2,1-2H3;3*3H2,1-2H3;3*1-2H3. The minimum atomic E-state index is -3.34. The zero-order valence-electron chi connectivity index (χ0n) is 87.7. The van der Waals surface area contributed by atoms with Crippen molar-refractivity contribution in [2.45, 2.75) is 263 Å². The molecule has 0 fully saturated rings. The van der Waals surface area contributed by atoms with E-state index in [1.165, 1.54) is 32.1 Å². The zero-order valence-corrected chi connectivity index (χ0v) is 94.2. The molecule has 768 valence electrons. The highest BCUT2D eigenvalue weighted by molar-refractivity contribution is 7.94. The molecule has 0 atom stereocenters. The maximum absolute atomic E-state index is 12.6. The van der Waals surface area contributed by atoms with Crippen molar-refractivity contribution in [3.05, 3.63) is 384 Å². The molecule has 0 spiro atoms. The summed E-state index contributed by atoms with van der Waals surface area (Å²) >= 11 is 0. The third-order valence-corrected chi connectivity index (χ3v) is 39.7. The number of aryl methyl sites for hydroxylation is 8. The molecule has 8 aliphatic heterocycles. The Morgan fingerprint density at radius 2 is 0.327 bits per heavy atom. The van der Waals surface area contributed by atoms with Gasteiger partial charge in [0.05, 0.1) is 78.3 Å². The van der Waals surface area contributed by atoms with Crippen LogP contribution in [0.4, 0.5) is 0 Å². The van der Waals surface area contributed by atoms with Crippen LogP contribution in [0.3, 0.4) is 0 Å². The molecular formula is C123H132O16S8. The van der Waals surface area contributed by atoms with Crippen LogP contribution in [-0.4, -0.2) is 67.3 Å². The van der Waals surface area contributed by atoms with Gasteiger partial charge < -0.3 is 0 Å². The van der Waals surface area contributed by atoms with Gasteiger partial charge in [0.25, 0.3) is 0 Å². The van der Waals surface area contributed by atoms with Crippen LogP contribution in [0.15, 0.2) is 418 Å². The predicted molar refractivity (Wildman–Crippen MR) is 599 cm³/mol. The number of sulfone groups is 8. The molecule has 0 radical (unpaired) electrons. The minimum Gasteiger partial charge on any atom is -0.218 e. The fourth-order valence-corrected chi connectivity index (χ4v) is 32.7. The third-order valence-electron chi connectivity index (χ3n) is 24.0. The van der Waals surface area contributed by atoms with E-state index in [1.54, 1.807) is 127 Å². The van der Waals surface area contributed by atoms with Crippen LogP contribution < -0.4 is 0 Å². The fourth-order valence-electron chi connectivity index (χ4n) is 17.9. The molecule has 16 nitrogen and oxygen atoms in total. The van der Waals surface area contributed by atoms with Crippen molar-refractivity contribution in [3.8, 4) is 89.0 Å². The highest BCUT2D eigenvalue weighted by atomic mass is 32.2. The summed E-state index contributed by atoms with van der Waals surface area (Å²) in [5.41, 5.74) is 20.4. The largest absolute Gasteiger partial charge is 0.218 e. The molecule has 0 unspecified atom stereocenters. The normalized spacial score (nSPS) is 14.2. The van der Waals surface area contributed by atoms with Gasteiger partial charge in [0.15, 0.2) is 0 Å². The smallest absolute Gasteiger partial charge is 0.208 e. The van der Waals surface area contributed by atoms with E-state index in [1.807, 2.05) is 309 Å². The van der Waals surface area contributed by atoms with Gasteiger partial charge in [-0.3, -0.25) is 0 Å². The highest BCUT2D eigenvalue weighted by Gasteiger charge is 2.41. The Hall–Kier alpha value is -12.9. The topological polar surface area (TPSA) is 273 Å². The van der Waals surface area contributed by atoms with Crippen molar-refractivity contribution in [1.82, 2.24) is 0 Å². The summed E-state index contributed by atoms with van der Waals surface area (Å²) in [6.07, 6.45) is 6.39. The Bertz CT molecular complexity index is 7800. The molecule has 8 heterocycles. The van der Waals surface area contributed by atoms with Crippen molar-refractivity contribution in [1.29, 1.82) is 0 Å². The van der Waals surface area contributed by atoms with Crippen molar-refractivity contribution < 1.29 is 67.3 Å². The molecule has 0 amide bonds. The van der Waals surface area contributed by atoms with E-state index >= 15 is 0 Å². The first-order valence-electron chi connectivity index (χ1n) is 49.7. The summed E-state index contributed by atoms with van der Waals surface area (Å²) < 4.78 is 196. The molecule has 0 saturated heterocycles. The number of hydrogen-bond acceptors (Lipinski definition) is 16. The van der Waals surface area contributed by atoms with Gasteiger partial charge in [-0.1, -0.05) is 402 Å². The molecule has 0 aromatic heterocycles. The van der Waals surface area contributed by atoms with E-state index in [-0.39, 0.29) is 0 Å². The molecule has 8 aliphatic rings. The number of rotatable bonds is 1. The second-order valence-corrected chi connectivity index (χ2v) is 49.7. The van der Waals surface area contributed by atoms with Gasteiger partial charge >= 0.3 is 0 Å². The molecule has 0 bridgehead atoms. The summed E-state index contributed by atoms with van der Waals surface area (Å²) in [4.78, 5) is 7.10. The lowest BCUT2D eigenvalue weighted by molar-refractivity contribution is 0.596. The number of fused-ring (bicyclic) bond motifs is 24. The molecule has 16 aromatic carbocycles. The zero-order chi connectivity index (χ0) is 108. The molecule has 24 heteroatoms. The van der Waals surface area contributed by atoms with Crippen molar-refractivity contribution in [2.75, 3.05) is 0 Å². The molecule has 0 aliphatic carbocycles. The van der Waals surface area contributed by atoms with E-state index in [9.17, 15) is 67.3 Å². The van der Waals surface area contributed by atoms with E-state index in [2.05, 4.69) is 55.4 Å². The van der Waals surface area contributed by atoms with Gasteiger partial charge in [-0.05, 0) is 167 Å². The predicted octanol–water partition coefficient (Wildman–Crippen LogP) is 31.6. The molecular weight excluding hydrogens is 1990 g/mol. The van der Waals surface area contributed by atoms with Crippen LogP contribution in [-0.2, 0) is 78.7 Å². The second kappa shape index (κ2) is 49.7. The second-order valence-electron chi connectivity index (χ2n) is 34.8. The SMILES string of the molecule is CC.CC.CC.CCC.CCC.CCC.CCCC.Cc1cc(C)c2c(c1)S(=O)(=O)c1c(C)cccc1-2.Cc1ccc(C)c2c1-c1ccccc1S2(=O)=O.Cc1cccc2c1S(=O)(=O)c1c(C)cccc1-2.Cc1cccc2c1S(=O)(=O)c1ccccc1-2.O=S1(=O)c2ccccc2-c2ccccc21.O=S1(=O)c2ccccc2-c2ccccc21.O=S1(=O)c2ccccc2-c2ccccc21.O=S1(=O)c2ccccc2-c2ccccc21. The summed E-state index contributed by atoms with van der Waals surface area (Å²) in [6, 6.07) is 101. The van der Waals surface area contributed by atoms with E-state index in [0.29, 0.717) is 78.3 Å². The quantitative estimate of drug-likeness (QED) is 0.148. The summed E-state index contributed by atoms with van der Waals surface area (Å²) in [5.74, 6) is 0. The molecule has 0 N–H and O–H groups in total. The summed E-state index contributed by atoms with van der Waals surface area (Å²) in [6.45, 7) is 44.2. The van der Waals surface area contributed by atoms with E-state index in [0.717, 1.165) is 134 Å². The molecule has 0 saturated carbocycles. The highest BCUT2D eigenvalue weighted by Crippen LogP contribution is 2.53. The van der Waals surface area contributed by atoms with Crippen molar-refractivity contribution in [3.63, 3.8) is 0 Å². The van der Waals surface area contributed by atoms with Gasteiger partial charge in [0, 0.05) is 89.0 Å². The Morgan fingerprint density at radius 1 is 0.150 bits per heavy atom. The first kappa shape index (κ1) is 116. The monoisotopic (exact) mass is 2120 g/mol. The van der Waals surface area contributed by atoms with Gasteiger partial charge in [0.1, 0.15) is 0 Å². The third kappa shape index (κ3) is 23.0. The maximum Gasteiger partial charge on any atom is 0.208 e. The lowest BCUT2D eigenvalue weighted by Crippen LogP contribution is -2.00. The number of hydrogen-bond donors (Lipinski definition) is 0. The van der Waals surface area contributed by atoms with Gasteiger partial charge in [-0.15, -0.1) is 0 Å².